The number of amides is 2. The van der Waals surface area contributed by atoms with E-state index < -0.39 is 80.6 Å². The first-order valence-corrected chi connectivity index (χ1v) is 12.0. The average molecular weight is 615 g/mol. The molecule has 0 aliphatic rings. The van der Waals surface area contributed by atoms with Gasteiger partial charge in [0.05, 0.1) is 17.7 Å². The number of hydrogen-bond donors (Lipinski definition) is 2. The quantitative estimate of drug-likeness (QED) is 0.266. The topological polar surface area (TPSA) is 122 Å². The number of halogens is 7. The number of benzene rings is 2. The third-order valence-corrected chi connectivity index (χ3v) is 5.34. The molecule has 0 saturated heterocycles. The fourth-order valence-electron chi connectivity index (χ4n) is 3.49. The molecule has 0 aliphatic carbocycles. The van der Waals surface area contributed by atoms with Crippen molar-refractivity contribution in [1.29, 1.82) is 0 Å². The van der Waals surface area contributed by atoms with Crippen molar-refractivity contribution in [2.75, 3.05) is 12.4 Å². The van der Waals surface area contributed by atoms with Crippen molar-refractivity contribution in [2.45, 2.75) is 18.1 Å². The number of anilines is 1. The van der Waals surface area contributed by atoms with E-state index in [4.69, 9.17) is 31.5 Å². The Morgan fingerprint density at radius 3 is 2.21 bits per heavy atom. The number of methoxy groups -OCH3 is 1. The Hall–Kier alpha value is -4.21. The molecule has 0 fully saturated rings. The van der Waals surface area contributed by atoms with Gasteiger partial charge in [-0.1, -0.05) is 11.6 Å². The van der Waals surface area contributed by atoms with Crippen molar-refractivity contribution in [2.24, 2.45) is 5.73 Å². The van der Waals surface area contributed by atoms with Gasteiger partial charge < -0.3 is 30.0 Å². The van der Waals surface area contributed by atoms with Crippen molar-refractivity contribution in [1.82, 2.24) is 4.98 Å². The van der Waals surface area contributed by atoms with Crippen LogP contribution >= 0.6 is 11.6 Å². The number of carbonyl (C=O) groups is 2. The molecule has 1 aromatic heterocycles. The van der Waals surface area contributed by atoms with E-state index in [1.807, 2.05) is 0 Å². The van der Waals surface area contributed by atoms with Crippen LogP contribution in [0, 0.1) is 5.82 Å². The Morgan fingerprint density at radius 1 is 1.02 bits per heavy atom. The van der Waals surface area contributed by atoms with E-state index in [0.717, 1.165) is 31.5 Å². The predicted octanol–water partition coefficient (Wildman–Crippen LogP) is 2.75. The molecule has 3 rings (SSSR count). The van der Waals surface area contributed by atoms with Gasteiger partial charge in [0, 0.05) is 23.2 Å². The molecule has 0 spiro atoms. The third-order valence-electron chi connectivity index (χ3n) is 5.03. The summed E-state index contributed by atoms with van der Waals surface area (Å²) in [7, 11) is 5.34. The van der Waals surface area contributed by atoms with Crippen molar-refractivity contribution < 1.29 is 54.9 Å². The second-order valence-corrected chi connectivity index (χ2v) is 9.70. The van der Waals surface area contributed by atoms with Gasteiger partial charge in [-0.25, -0.2) is 8.78 Å². The largest absolute Gasteiger partial charge is 0.573 e. The maximum Gasteiger partial charge on any atom is 0.573 e. The van der Waals surface area contributed by atoms with Gasteiger partial charge in [0.15, 0.2) is 17.2 Å². The van der Waals surface area contributed by atoms with E-state index in [1.54, 1.807) is 0 Å². The first-order chi connectivity index (χ1) is 19.4. The molecular weight excluding hydrogens is 596 g/mol. The molecule has 0 atom stereocenters. The molecule has 0 aliphatic heterocycles. The Bertz CT molecular complexity index is 1520. The zero-order valence-electron chi connectivity index (χ0n) is 22.2. The molecule has 1 heterocycles. The Balaban J connectivity index is 2.21. The van der Waals surface area contributed by atoms with Gasteiger partial charge >= 0.3 is 6.36 Å². The number of nitrogens with one attached hydrogen (secondary N) is 1. The number of ether oxygens (including phenoxy) is 4. The highest BCUT2D eigenvalue weighted by Crippen LogP contribution is 2.47. The van der Waals surface area contributed by atoms with Crippen LogP contribution in [-0.2, 0) is 0 Å². The summed E-state index contributed by atoms with van der Waals surface area (Å²) in [5.41, 5.74) is 3.36. The predicted molar refractivity (Wildman–Crippen MR) is 146 cm³/mol. The molecule has 3 N–H and O–H groups in total. The van der Waals surface area contributed by atoms with Crippen LogP contribution in [0.2, 0.25) is 5.02 Å². The molecule has 2 aromatic carbocycles. The van der Waals surface area contributed by atoms with Crippen LogP contribution in [0.5, 0.6) is 28.7 Å². The molecule has 19 heteroatoms. The van der Waals surface area contributed by atoms with Crippen LogP contribution in [0.1, 0.15) is 32.8 Å². The van der Waals surface area contributed by atoms with Crippen LogP contribution in [0.25, 0.3) is 0 Å². The van der Waals surface area contributed by atoms with E-state index in [0.29, 0.717) is 6.07 Å². The second kappa shape index (κ2) is 12.3. The smallest absolute Gasteiger partial charge is 0.508 e. The molecule has 42 heavy (non-hydrogen) atoms. The van der Waals surface area contributed by atoms with Crippen LogP contribution in [0.15, 0.2) is 36.5 Å². The van der Waals surface area contributed by atoms with Gasteiger partial charge in [0.25, 0.3) is 18.2 Å². The highest BCUT2D eigenvalue weighted by atomic mass is 35.5. The maximum absolute atomic E-state index is 15.2. The minimum atomic E-state index is -5.25. The number of rotatable bonds is 10. The number of carbonyl (C=O) groups excluding carboxylic acids is 2. The fourth-order valence-corrected chi connectivity index (χ4v) is 3.76. The Kier molecular flexibility index (Phi) is 9.50. The number of pyridine rings is 1. The summed E-state index contributed by atoms with van der Waals surface area (Å²) < 4.78 is 102. The molecule has 3 aromatic rings. The first kappa shape index (κ1) is 32.3. The lowest BCUT2D eigenvalue weighted by molar-refractivity contribution is -0.275. The summed E-state index contributed by atoms with van der Waals surface area (Å²) in [6.07, 6.45) is -7.35. The lowest BCUT2D eigenvalue weighted by Gasteiger charge is -2.25. The molecule has 0 saturated carbocycles. The van der Waals surface area contributed by atoms with Gasteiger partial charge in [-0.15, -0.1) is 13.2 Å². The number of hydrogen-bond acceptors (Lipinski definition) is 7. The Labute approximate surface area is 241 Å². The number of aromatic nitrogens is 1. The lowest BCUT2D eigenvalue weighted by Crippen LogP contribution is -2.38. The third kappa shape index (κ3) is 7.75. The number of alkyl halides is 5. The normalized spacial score (nSPS) is 11.6. The molecule has 2 amide bonds. The van der Waals surface area contributed by atoms with Crippen LogP contribution in [0.3, 0.4) is 0 Å². The lowest BCUT2D eigenvalue weighted by atomic mass is 9.52. The average Bonchev–Trinajstić information content (AvgIpc) is 2.85. The summed E-state index contributed by atoms with van der Waals surface area (Å²) in [6.45, 7) is 0. The fraction of sp³-hybridized carbons (Fsp3) is 0.174. The second-order valence-electron chi connectivity index (χ2n) is 9.30. The first-order valence-electron chi connectivity index (χ1n) is 11.6. The minimum absolute atomic E-state index is 0.0400. The summed E-state index contributed by atoms with van der Waals surface area (Å²) >= 11 is 6.06. The molecule has 9 nitrogen and oxygen atoms in total. The van der Waals surface area contributed by atoms with Crippen LogP contribution < -0.4 is 30.0 Å². The molecular formula is C23H19B3ClF6N3O6. The van der Waals surface area contributed by atoms with Gasteiger partial charge in [0.2, 0.25) is 5.82 Å². The SMILES string of the molecule is BC(B)(B)Oc1c(Oc2cc(Cl)c(C(F)F)c(OC)c2C(=O)Nc2ccnc(C(N)=O)c2)ccc(OC(F)(F)F)c1F. The van der Waals surface area contributed by atoms with Gasteiger partial charge in [0.1, 0.15) is 46.3 Å². The van der Waals surface area contributed by atoms with Crippen molar-refractivity contribution >= 4 is 52.6 Å². The van der Waals surface area contributed by atoms with Crippen LogP contribution in [-0.4, -0.2) is 59.1 Å². The van der Waals surface area contributed by atoms with Crippen LogP contribution in [0.4, 0.5) is 32.0 Å². The number of nitrogens with two attached hydrogens (primary N) is 1. The van der Waals surface area contributed by atoms with E-state index in [2.05, 4.69) is 15.0 Å². The zero-order chi connectivity index (χ0) is 31.6. The molecule has 0 bridgehead atoms. The zero-order valence-corrected chi connectivity index (χ0v) is 22.9. The minimum Gasteiger partial charge on any atom is -0.508 e. The van der Waals surface area contributed by atoms with Gasteiger partial charge in [-0.2, -0.15) is 4.39 Å². The van der Waals surface area contributed by atoms with E-state index in [1.165, 1.54) is 29.6 Å². The van der Waals surface area contributed by atoms with Crippen molar-refractivity contribution in [3.05, 3.63) is 64.2 Å². The number of nitrogens with zero attached hydrogens (tertiary/aromatic N) is 1. The van der Waals surface area contributed by atoms with Crippen molar-refractivity contribution in [3.8, 4) is 28.7 Å². The highest BCUT2D eigenvalue weighted by molar-refractivity contribution is 6.58. The number of primary amides is 1. The maximum atomic E-state index is 15.2. The van der Waals surface area contributed by atoms with Gasteiger partial charge in [-0.05, 0) is 24.3 Å². The molecule has 0 unspecified atom stereocenters. The Morgan fingerprint density at radius 2 is 1.67 bits per heavy atom. The summed E-state index contributed by atoms with van der Waals surface area (Å²) in [6, 6.07) is 4.59. The summed E-state index contributed by atoms with van der Waals surface area (Å²) in [4.78, 5) is 28.6. The summed E-state index contributed by atoms with van der Waals surface area (Å²) in [5.74, 6) is -7.65. The van der Waals surface area contributed by atoms with E-state index >= 15 is 4.39 Å². The molecule has 0 radical (unpaired) electrons. The van der Waals surface area contributed by atoms with E-state index in [-0.39, 0.29) is 11.4 Å². The highest BCUT2D eigenvalue weighted by Gasteiger charge is 2.35. The summed E-state index contributed by atoms with van der Waals surface area (Å²) in [5, 5.41) is 0.543. The van der Waals surface area contributed by atoms with Gasteiger partial charge in [-0.3, -0.25) is 14.6 Å². The van der Waals surface area contributed by atoms with E-state index in [9.17, 15) is 31.5 Å². The molecule has 220 valence electrons. The standard InChI is InChI=1S/C23H19B3ClF6N3O6/c1-39-18-14(19(29)30)9(27)7-13(15(18)21(38)36-8-4-5-35-10(6-8)20(34)37)40-12-3-2-11(41-23(31,32)33)16(28)17(12)42-22(24,25)26/h2-7,19H,24-26H2,1H3,(H2,34,37)(H,35,36,38). The monoisotopic (exact) mass is 615 g/mol. The van der Waals surface area contributed by atoms with Crippen molar-refractivity contribution in [3.63, 3.8) is 0 Å².